The largest absolute Gasteiger partial charge is 0.335 e. The van der Waals surface area contributed by atoms with Gasteiger partial charge in [0.05, 0.1) is 0 Å². The van der Waals surface area contributed by atoms with Gasteiger partial charge in [-0.25, -0.2) is 4.98 Å². The van der Waals surface area contributed by atoms with Gasteiger partial charge in [-0.3, -0.25) is 4.79 Å². The highest BCUT2D eigenvalue weighted by Crippen LogP contribution is 2.42. The standard InChI is InChI=1S/C20H19N3O/c24-20(15-7-10-22-11-8-21-19(22)13-15)23-9-3-6-17-16-5-2-1-4-14(16)12-18(17)23/h1-2,4-5,7-8,10-11,13,17-18H,3,6,9,12H2/t17-,18+/m1/s1. The minimum atomic E-state index is 0.142. The Hall–Kier alpha value is -2.62. The number of carbonyl (C=O) groups is 1. The summed E-state index contributed by atoms with van der Waals surface area (Å²) in [5.41, 5.74) is 4.43. The molecular weight excluding hydrogens is 298 g/mol. The maximum Gasteiger partial charge on any atom is 0.254 e. The fraction of sp³-hybridized carbons (Fsp3) is 0.300. The fourth-order valence-corrected chi connectivity index (χ4v) is 4.44. The van der Waals surface area contributed by atoms with Crippen LogP contribution in [0.2, 0.25) is 0 Å². The van der Waals surface area contributed by atoms with Crippen LogP contribution in [0.5, 0.6) is 0 Å². The lowest BCUT2D eigenvalue weighted by Crippen LogP contribution is -2.46. The van der Waals surface area contributed by atoms with Crippen molar-refractivity contribution in [1.29, 1.82) is 0 Å². The Labute approximate surface area is 140 Å². The molecule has 1 amide bonds. The van der Waals surface area contributed by atoms with Crippen LogP contribution in [0.1, 0.15) is 40.2 Å². The number of carbonyl (C=O) groups excluding carboxylic acids is 1. The summed E-state index contributed by atoms with van der Waals surface area (Å²) in [6.45, 7) is 0.855. The molecule has 1 fully saturated rings. The first-order valence-electron chi connectivity index (χ1n) is 8.63. The van der Waals surface area contributed by atoms with Crippen LogP contribution in [-0.2, 0) is 6.42 Å². The van der Waals surface area contributed by atoms with Crippen molar-refractivity contribution in [3.8, 4) is 0 Å². The normalized spacial score (nSPS) is 22.4. The molecular formula is C20H19N3O. The SMILES string of the molecule is O=C(c1ccn2ccnc2c1)N1CCC[C@@H]2c3ccccc3C[C@@H]21. The molecule has 1 aromatic carbocycles. The Balaban J connectivity index is 1.49. The van der Waals surface area contributed by atoms with E-state index in [0.717, 1.165) is 30.6 Å². The van der Waals surface area contributed by atoms with Crippen LogP contribution >= 0.6 is 0 Å². The molecule has 0 bridgehead atoms. The quantitative estimate of drug-likeness (QED) is 0.691. The number of aromatic nitrogens is 2. The smallest absolute Gasteiger partial charge is 0.254 e. The third-order valence-electron chi connectivity index (χ3n) is 5.57. The lowest BCUT2D eigenvalue weighted by atomic mass is 9.88. The van der Waals surface area contributed by atoms with Gasteiger partial charge in [0, 0.05) is 42.7 Å². The Morgan fingerprint density at radius 3 is 3.04 bits per heavy atom. The monoisotopic (exact) mass is 317 g/mol. The van der Waals surface area contributed by atoms with Crippen molar-refractivity contribution in [3.63, 3.8) is 0 Å². The van der Waals surface area contributed by atoms with Crippen LogP contribution in [0, 0.1) is 0 Å². The number of nitrogens with zero attached hydrogens (tertiary/aromatic N) is 3. The van der Waals surface area contributed by atoms with Crippen molar-refractivity contribution in [2.24, 2.45) is 0 Å². The first-order chi connectivity index (χ1) is 11.8. The van der Waals surface area contributed by atoms with E-state index in [1.807, 2.05) is 28.9 Å². The van der Waals surface area contributed by atoms with E-state index in [2.05, 4.69) is 34.1 Å². The van der Waals surface area contributed by atoms with E-state index in [0.29, 0.717) is 12.0 Å². The molecule has 1 aliphatic carbocycles. The molecule has 2 aliphatic rings. The topological polar surface area (TPSA) is 37.6 Å². The lowest BCUT2D eigenvalue weighted by Gasteiger charge is -2.38. The number of piperidine rings is 1. The lowest BCUT2D eigenvalue weighted by molar-refractivity contribution is 0.0595. The maximum absolute atomic E-state index is 13.1. The average Bonchev–Trinajstić information content (AvgIpc) is 3.24. The van der Waals surface area contributed by atoms with E-state index in [1.165, 1.54) is 17.5 Å². The zero-order valence-electron chi connectivity index (χ0n) is 13.4. The number of rotatable bonds is 1. The molecule has 0 unspecified atom stereocenters. The van der Waals surface area contributed by atoms with Gasteiger partial charge in [-0.15, -0.1) is 0 Å². The number of benzene rings is 1. The molecule has 5 rings (SSSR count). The number of imidazole rings is 1. The van der Waals surface area contributed by atoms with Crippen molar-refractivity contribution in [2.45, 2.75) is 31.2 Å². The van der Waals surface area contributed by atoms with E-state index in [-0.39, 0.29) is 5.91 Å². The van der Waals surface area contributed by atoms with E-state index in [9.17, 15) is 4.79 Å². The number of hydrogen-bond donors (Lipinski definition) is 0. The molecule has 1 saturated heterocycles. The van der Waals surface area contributed by atoms with E-state index in [4.69, 9.17) is 0 Å². The van der Waals surface area contributed by atoms with E-state index in [1.54, 1.807) is 6.20 Å². The van der Waals surface area contributed by atoms with E-state index >= 15 is 0 Å². The number of likely N-dealkylation sites (tertiary alicyclic amines) is 1. The summed E-state index contributed by atoms with van der Waals surface area (Å²) in [5.74, 6) is 0.636. The summed E-state index contributed by atoms with van der Waals surface area (Å²) in [6.07, 6.45) is 8.82. The summed E-state index contributed by atoms with van der Waals surface area (Å²) >= 11 is 0. The zero-order chi connectivity index (χ0) is 16.1. The molecule has 2 aromatic heterocycles. The first-order valence-corrected chi connectivity index (χ1v) is 8.63. The summed E-state index contributed by atoms with van der Waals surface area (Å²) in [6, 6.07) is 12.8. The third-order valence-corrected chi connectivity index (χ3v) is 5.57. The summed E-state index contributed by atoms with van der Waals surface area (Å²) < 4.78 is 1.93. The van der Waals surface area contributed by atoms with Crippen LogP contribution < -0.4 is 0 Å². The van der Waals surface area contributed by atoms with Crippen LogP contribution in [0.4, 0.5) is 0 Å². The van der Waals surface area contributed by atoms with Gasteiger partial charge in [-0.05, 0) is 42.5 Å². The molecule has 1 aliphatic heterocycles. The maximum atomic E-state index is 13.1. The van der Waals surface area contributed by atoms with Crippen LogP contribution in [0.3, 0.4) is 0 Å². The minimum Gasteiger partial charge on any atom is -0.335 e. The van der Waals surface area contributed by atoms with Crippen molar-refractivity contribution >= 4 is 11.6 Å². The summed E-state index contributed by atoms with van der Waals surface area (Å²) in [5, 5.41) is 0. The highest BCUT2D eigenvalue weighted by atomic mass is 16.2. The molecule has 24 heavy (non-hydrogen) atoms. The molecule has 0 saturated carbocycles. The second-order valence-corrected chi connectivity index (χ2v) is 6.83. The molecule has 120 valence electrons. The third kappa shape index (κ3) is 1.99. The Kier molecular flexibility index (Phi) is 2.98. The highest BCUT2D eigenvalue weighted by molar-refractivity contribution is 5.95. The number of hydrogen-bond acceptors (Lipinski definition) is 2. The second-order valence-electron chi connectivity index (χ2n) is 6.83. The van der Waals surface area contributed by atoms with Gasteiger partial charge < -0.3 is 9.30 Å². The van der Waals surface area contributed by atoms with Gasteiger partial charge >= 0.3 is 0 Å². The molecule has 3 heterocycles. The fourth-order valence-electron chi connectivity index (χ4n) is 4.44. The predicted molar refractivity (Wildman–Crippen MR) is 92.1 cm³/mol. The van der Waals surface area contributed by atoms with Crippen molar-refractivity contribution < 1.29 is 4.79 Å². The number of pyridine rings is 1. The van der Waals surface area contributed by atoms with Gasteiger partial charge in [0.25, 0.3) is 5.91 Å². The first kappa shape index (κ1) is 13.8. The summed E-state index contributed by atoms with van der Waals surface area (Å²) in [4.78, 5) is 19.5. The van der Waals surface area contributed by atoms with Gasteiger partial charge in [0.2, 0.25) is 0 Å². The molecule has 2 atom stereocenters. The minimum absolute atomic E-state index is 0.142. The van der Waals surface area contributed by atoms with Gasteiger partial charge in [-0.1, -0.05) is 24.3 Å². The summed E-state index contributed by atoms with van der Waals surface area (Å²) in [7, 11) is 0. The Morgan fingerprint density at radius 1 is 1.17 bits per heavy atom. The molecule has 0 N–H and O–H groups in total. The highest BCUT2D eigenvalue weighted by Gasteiger charge is 2.40. The van der Waals surface area contributed by atoms with Gasteiger partial charge in [0.1, 0.15) is 5.65 Å². The van der Waals surface area contributed by atoms with Crippen LogP contribution in [0.15, 0.2) is 55.0 Å². The predicted octanol–water partition coefficient (Wildman–Crippen LogP) is 3.28. The van der Waals surface area contributed by atoms with Crippen molar-refractivity contribution in [1.82, 2.24) is 14.3 Å². The average molecular weight is 317 g/mol. The van der Waals surface area contributed by atoms with Crippen LogP contribution in [-0.4, -0.2) is 32.8 Å². The van der Waals surface area contributed by atoms with Crippen molar-refractivity contribution in [3.05, 3.63) is 71.7 Å². The van der Waals surface area contributed by atoms with Crippen LogP contribution in [0.25, 0.3) is 5.65 Å². The second kappa shape index (κ2) is 5.20. The zero-order valence-corrected chi connectivity index (χ0v) is 13.4. The molecule has 0 spiro atoms. The Morgan fingerprint density at radius 2 is 2.08 bits per heavy atom. The molecule has 3 aromatic rings. The number of amides is 1. The molecule has 4 nitrogen and oxygen atoms in total. The van der Waals surface area contributed by atoms with Gasteiger partial charge in [0.15, 0.2) is 0 Å². The van der Waals surface area contributed by atoms with E-state index < -0.39 is 0 Å². The molecule has 0 radical (unpaired) electrons. The Bertz CT molecular complexity index is 929. The number of fused-ring (bicyclic) bond motifs is 4. The molecule has 4 heteroatoms. The van der Waals surface area contributed by atoms with Gasteiger partial charge in [-0.2, -0.15) is 0 Å². The van der Waals surface area contributed by atoms with Crippen molar-refractivity contribution in [2.75, 3.05) is 6.54 Å².